The van der Waals surface area contributed by atoms with Gasteiger partial charge in [-0.05, 0) is 36.2 Å². The second kappa shape index (κ2) is 6.01. The molecule has 1 amide bonds. The molecule has 1 unspecified atom stereocenters. The predicted molar refractivity (Wildman–Crippen MR) is 90.8 cm³/mol. The van der Waals surface area contributed by atoms with Crippen LogP contribution in [0.2, 0.25) is 0 Å². The number of carbonyl (C=O) groups is 1. The van der Waals surface area contributed by atoms with Crippen molar-refractivity contribution < 1.29 is 9.53 Å². The fourth-order valence-corrected chi connectivity index (χ4v) is 3.73. The van der Waals surface area contributed by atoms with Gasteiger partial charge in [0.15, 0.2) is 0 Å². The molecule has 5 heteroatoms. The zero-order valence-corrected chi connectivity index (χ0v) is 13.2. The first-order chi connectivity index (χ1) is 11.3. The molecule has 0 aliphatic carbocycles. The standard InChI is InChI=1S/C18H16N2O2S/c21-18-20-13(11-22-18)8-12-6-7-16-15(9-12)17(10-19-16)23-14-4-2-1-3-5-14/h1-7,9-10,13,19H,8,11H2,(H,20,21). The molecule has 1 aliphatic heterocycles. The highest BCUT2D eigenvalue weighted by Gasteiger charge is 2.22. The molecule has 2 N–H and O–H groups in total. The summed E-state index contributed by atoms with van der Waals surface area (Å²) in [5, 5.41) is 4.03. The Labute approximate surface area is 138 Å². The van der Waals surface area contributed by atoms with Crippen molar-refractivity contribution >= 4 is 28.8 Å². The molecule has 4 nitrogen and oxygen atoms in total. The van der Waals surface area contributed by atoms with Gasteiger partial charge in [0.2, 0.25) is 0 Å². The highest BCUT2D eigenvalue weighted by Crippen LogP contribution is 2.34. The van der Waals surface area contributed by atoms with Crippen LogP contribution in [0.15, 0.2) is 64.5 Å². The Balaban J connectivity index is 1.59. The van der Waals surface area contributed by atoms with Gasteiger partial charge in [-0.1, -0.05) is 36.0 Å². The lowest BCUT2D eigenvalue weighted by Gasteiger charge is -2.08. The summed E-state index contributed by atoms with van der Waals surface area (Å²) in [5.41, 5.74) is 2.32. The van der Waals surface area contributed by atoms with Gasteiger partial charge in [-0.25, -0.2) is 4.79 Å². The molecule has 0 radical (unpaired) electrons. The quantitative estimate of drug-likeness (QED) is 0.763. The number of carbonyl (C=O) groups excluding carboxylic acids is 1. The number of fused-ring (bicyclic) bond motifs is 1. The summed E-state index contributed by atoms with van der Waals surface area (Å²) in [6, 6.07) is 16.8. The topological polar surface area (TPSA) is 54.1 Å². The van der Waals surface area contributed by atoms with E-state index in [2.05, 4.69) is 40.6 Å². The van der Waals surface area contributed by atoms with E-state index in [0.29, 0.717) is 6.61 Å². The first kappa shape index (κ1) is 14.2. The SMILES string of the molecule is O=C1NC(Cc2ccc3[nH]cc(Sc4ccccc4)c3c2)CO1. The minimum Gasteiger partial charge on any atom is -0.447 e. The van der Waals surface area contributed by atoms with Gasteiger partial charge in [0.1, 0.15) is 6.61 Å². The predicted octanol–water partition coefficient (Wildman–Crippen LogP) is 3.97. The molecular weight excluding hydrogens is 308 g/mol. The van der Waals surface area contributed by atoms with Crippen molar-refractivity contribution in [1.29, 1.82) is 0 Å². The third-order valence-electron chi connectivity index (χ3n) is 3.90. The molecule has 1 aromatic heterocycles. The minimum atomic E-state index is -0.321. The second-order valence-electron chi connectivity index (χ2n) is 5.59. The molecule has 2 heterocycles. The molecular formula is C18H16N2O2S. The number of aromatic nitrogens is 1. The fraction of sp³-hybridized carbons (Fsp3) is 0.167. The number of aromatic amines is 1. The first-order valence-corrected chi connectivity index (χ1v) is 8.36. The van der Waals surface area contributed by atoms with E-state index >= 15 is 0 Å². The van der Waals surface area contributed by atoms with Gasteiger partial charge in [0.05, 0.1) is 6.04 Å². The number of hydrogen-bond acceptors (Lipinski definition) is 3. The van der Waals surface area contributed by atoms with E-state index in [1.807, 2.05) is 24.4 Å². The smallest absolute Gasteiger partial charge is 0.407 e. The molecule has 0 bridgehead atoms. The van der Waals surface area contributed by atoms with Crippen LogP contribution in [0.1, 0.15) is 5.56 Å². The number of ether oxygens (including phenoxy) is 1. The van der Waals surface area contributed by atoms with Gasteiger partial charge in [-0.15, -0.1) is 0 Å². The molecule has 2 aromatic carbocycles. The largest absolute Gasteiger partial charge is 0.447 e. The average molecular weight is 324 g/mol. The van der Waals surface area contributed by atoms with Crippen molar-refractivity contribution in [2.75, 3.05) is 6.61 Å². The maximum atomic E-state index is 11.1. The Morgan fingerprint density at radius 3 is 2.83 bits per heavy atom. The maximum Gasteiger partial charge on any atom is 0.407 e. The Morgan fingerprint density at radius 1 is 1.17 bits per heavy atom. The van der Waals surface area contributed by atoms with Gasteiger partial charge in [-0.2, -0.15) is 0 Å². The summed E-state index contributed by atoms with van der Waals surface area (Å²) < 4.78 is 4.95. The highest BCUT2D eigenvalue weighted by atomic mass is 32.2. The zero-order chi connectivity index (χ0) is 15.6. The van der Waals surface area contributed by atoms with Gasteiger partial charge < -0.3 is 15.0 Å². The van der Waals surface area contributed by atoms with Crippen molar-refractivity contribution in [3.05, 3.63) is 60.3 Å². The van der Waals surface area contributed by atoms with Crippen LogP contribution in [-0.4, -0.2) is 23.7 Å². The van der Waals surface area contributed by atoms with Gasteiger partial charge >= 0.3 is 6.09 Å². The Bertz CT molecular complexity index is 845. The van der Waals surface area contributed by atoms with E-state index in [1.54, 1.807) is 11.8 Å². The number of rotatable bonds is 4. The first-order valence-electron chi connectivity index (χ1n) is 7.54. The monoisotopic (exact) mass is 324 g/mol. The number of hydrogen-bond donors (Lipinski definition) is 2. The van der Waals surface area contributed by atoms with Crippen molar-refractivity contribution in [1.82, 2.24) is 10.3 Å². The molecule has 1 aliphatic rings. The van der Waals surface area contributed by atoms with Crippen molar-refractivity contribution in [3.63, 3.8) is 0 Å². The molecule has 1 atom stereocenters. The lowest BCUT2D eigenvalue weighted by atomic mass is 10.1. The summed E-state index contributed by atoms with van der Waals surface area (Å²) >= 11 is 1.75. The second-order valence-corrected chi connectivity index (χ2v) is 6.71. The Kier molecular flexibility index (Phi) is 3.71. The highest BCUT2D eigenvalue weighted by molar-refractivity contribution is 7.99. The summed E-state index contributed by atoms with van der Waals surface area (Å²) in [5.74, 6) is 0. The molecule has 4 rings (SSSR count). The normalized spacial score (nSPS) is 17.2. The van der Waals surface area contributed by atoms with Gasteiger partial charge in [-0.3, -0.25) is 0 Å². The molecule has 0 spiro atoms. The molecule has 116 valence electrons. The van der Waals surface area contributed by atoms with E-state index in [0.717, 1.165) is 11.9 Å². The lowest BCUT2D eigenvalue weighted by Crippen LogP contribution is -2.28. The Morgan fingerprint density at radius 2 is 2.04 bits per heavy atom. The van der Waals surface area contributed by atoms with Crippen LogP contribution >= 0.6 is 11.8 Å². The van der Waals surface area contributed by atoms with E-state index in [9.17, 15) is 4.79 Å². The number of alkyl carbamates (subject to hydrolysis) is 1. The van der Waals surface area contributed by atoms with E-state index in [1.165, 1.54) is 20.7 Å². The van der Waals surface area contributed by atoms with Crippen LogP contribution in [0.5, 0.6) is 0 Å². The zero-order valence-electron chi connectivity index (χ0n) is 12.4. The minimum absolute atomic E-state index is 0.0594. The van der Waals surface area contributed by atoms with Crippen molar-refractivity contribution in [2.24, 2.45) is 0 Å². The molecule has 3 aromatic rings. The van der Waals surface area contributed by atoms with Crippen LogP contribution in [0, 0.1) is 0 Å². The van der Waals surface area contributed by atoms with Crippen LogP contribution in [0.4, 0.5) is 4.79 Å². The number of nitrogens with one attached hydrogen (secondary N) is 2. The Hall–Kier alpha value is -2.40. The third-order valence-corrected chi connectivity index (χ3v) is 4.96. The van der Waals surface area contributed by atoms with Crippen molar-refractivity contribution in [2.45, 2.75) is 22.3 Å². The van der Waals surface area contributed by atoms with E-state index in [4.69, 9.17) is 4.74 Å². The van der Waals surface area contributed by atoms with Crippen LogP contribution in [-0.2, 0) is 11.2 Å². The van der Waals surface area contributed by atoms with Gasteiger partial charge in [0.25, 0.3) is 0 Å². The van der Waals surface area contributed by atoms with E-state index < -0.39 is 0 Å². The van der Waals surface area contributed by atoms with E-state index in [-0.39, 0.29) is 12.1 Å². The molecule has 23 heavy (non-hydrogen) atoms. The average Bonchev–Trinajstić information content (AvgIpc) is 3.15. The van der Waals surface area contributed by atoms with Crippen LogP contribution < -0.4 is 5.32 Å². The number of benzene rings is 2. The molecule has 0 saturated carbocycles. The number of cyclic esters (lactones) is 1. The summed E-state index contributed by atoms with van der Waals surface area (Å²) in [7, 11) is 0. The summed E-state index contributed by atoms with van der Waals surface area (Å²) in [6.45, 7) is 0.440. The summed E-state index contributed by atoms with van der Waals surface area (Å²) in [4.78, 5) is 16.9. The summed E-state index contributed by atoms with van der Waals surface area (Å²) in [6.07, 6.45) is 2.51. The number of H-pyrrole nitrogens is 1. The third kappa shape index (κ3) is 3.05. The van der Waals surface area contributed by atoms with Gasteiger partial charge in [0, 0.05) is 26.9 Å². The number of amides is 1. The molecule has 1 fully saturated rings. The molecule has 1 saturated heterocycles. The van der Waals surface area contributed by atoms with Crippen LogP contribution in [0.25, 0.3) is 10.9 Å². The maximum absolute atomic E-state index is 11.1. The van der Waals surface area contributed by atoms with Crippen LogP contribution in [0.3, 0.4) is 0 Å². The fourth-order valence-electron chi connectivity index (χ4n) is 2.79. The van der Waals surface area contributed by atoms with Crippen molar-refractivity contribution in [3.8, 4) is 0 Å². The lowest BCUT2D eigenvalue weighted by molar-refractivity contribution is 0.177.